The molecule has 0 saturated carbocycles. The molecule has 8 heteroatoms. The number of carbonyl (C=O) groups excluding carboxylic acids is 1. The molecule has 0 unspecified atom stereocenters. The van der Waals surface area contributed by atoms with Gasteiger partial charge < -0.3 is 5.32 Å². The highest BCUT2D eigenvalue weighted by molar-refractivity contribution is 14.1. The molecule has 0 spiro atoms. The smallest absolute Gasteiger partial charge is 0.230 e. The maximum atomic E-state index is 13.5. The summed E-state index contributed by atoms with van der Waals surface area (Å²) in [4.78, 5) is 20.4. The van der Waals surface area contributed by atoms with E-state index in [-0.39, 0.29) is 15.7 Å². The second kappa shape index (κ2) is 7.31. The van der Waals surface area contributed by atoms with Gasteiger partial charge in [-0.3, -0.25) is 9.78 Å². The van der Waals surface area contributed by atoms with E-state index >= 15 is 0 Å². The Morgan fingerprint density at radius 3 is 2.71 bits per heavy atom. The van der Waals surface area contributed by atoms with Gasteiger partial charge in [-0.1, -0.05) is 0 Å². The molecule has 24 heavy (non-hydrogen) atoms. The van der Waals surface area contributed by atoms with Gasteiger partial charge in [-0.25, -0.2) is 13.8 Å². The number of anilines is 1. The van der Waals surface area contributed by atoms with Crippen molar-refractivity contribution in [2.24, 2.45) is 0 Å². The van der Waals surface area contributed by atoms with E-state index in [1.807, 2.05) is 12.1 Å². The number of nitrogens with one attached hydrogen (secondary N) is 1. The number of amides is 1. The molecular formula is C16H10F2IN3OS. The number of carbonyl (C=O) groups is 1. The van der Waals surface area contributed by atoms with Gasteiger partial charge in [0.2, 0.25) is 5.91 Å². The van der Waals surface area contributed by atoms with Gasteiger partial charge in [0, 0.05) is 29.0 Å². The van der Waals surface area contributed by atoms with Crippen LogP contribution in [0.5, 0.6) is 0 Å². The van der Waals surface area contributed by atoms with Crippen molar-refractivity contribution in [2.75, 3.05) is 5.32 Å². The Kier molecular flexibility index (Phi) is 5.14. The Bertz CT molecular complexity index is 863. The predicted octanol–water partition coefficient (Wildman–Crippen LogP) is 4.27. The molecule has 122 valence electrons. The first kappa shape index (κ1) is 16.9. The normalized spacial score (nSPS) is 10.6. The lowest BCUT2D eigenvalue weighted by Crippen LogP contribution is -2.15. The summed E-state index contributed by atoms with van der Waals surface area (Å²) in [6, 6.07) is 5.87. The number of benzene rings is 1. The third-order valence-electron chi connectivity index (χ3n) is 3.07. The standard InChI is InChI=1S/C16H10F2IN3OS/c17-12-4-10(5-13(18)15(12)19)21-14(23)6-11-8-24-16(22-11)9-2-1-3-20-7-9/h1-5,7-8H,6H2,(H,21,23). The average molecular weight is 457 g/mol. The minimum absolute atomic E-state index is 0.0198. The van der Waals surface area contributed by atoms with Crippen LogP contribution >= 0.6 is 33.9 Å². The van der Waals surface area contributed by atoms with E-state index in [4.69, 9.17) is 0 Å². The number of pyridine rings is 1. The first-order chi connectivity index (χ1) is 11.5. The first-order valence-electron chi connectivity index (χ1n) is 6.82. The predicted molar refractivity (Wildman–Crippen MR) is 96.8 cm³/mol. The van der Waals surface area contributed by atoms with Gasteiger partial charge >= 0.3 is 0 Å². The molecule has 0 saturated heterocycles. The van der Waals surface area contributed by atoms with Crippen LogP contribution in [0.1, 0.15) is 5.69 Å². The van der Waals surface area contributed by atoms with Gasteiger partial charge in [0.05, 0.1) is 15.7 Å². The Labute approximate surface area is 154 Å². The van der Waals surface area contributed by atoms with Gasteiger partial charge in [0.25, 0.3) is 0 Å². The average Bonchev–Trinajstić information content (AvgIpc) is 3.01. The van der Waals surface area contributed by atoms with Crippen LogP contribution in [-0.4, -0.2) is 15.9 Å². The molecule has 3 aromatic rings. The number of hydrogen-bond donors (Lipinski definition) is 1. The van der Waals surface area contributed by atoms with Crippen molar-refractivity contribution >= 4 is 45.5 Å². The second-order valence-electron chi connectivity index (χ2n) is 4.86. The summed E-state index contributed by atoms with van der Waals surface area (Å²) in [5.41, 5.74) is 1.54. The van der Waals surface area contributed by atoms with Crippen molar-refractivity contribution in [1.82, 2.24) is 9.97 Å². The summed E-state index contributed by atoms with van der Waals surface area (Å²) in [6.45, 7) is 0. The highest BCUT2D eigenvalue weighted by Gasteiger charge is 2.12. The van der Waals surface area contributed by atoms with Crippen LogP contribution in [0.3, 0.4) is 0 Å². The third-order valence-corrected chi connectivity index (χ3v) is 5.04. The molecule has 0 aliphatic rings. The molecule has 0 aliphatic heterocycles. The lowest BCUT2D eigenvalue weighted by atomic mass is 10.2. The Morgan fingerprint density at radius 1 is 1.29 bits per heavy atom. The van der Waals surface area contributed by atoms with E-state index < -0.39 is 17.5 Å². The first-order valence-corrected chi connectivity index (χ1v) is 8.78. The number of aromatic nitrogens is 2. The Balaban J connectivity index is 1.69. The topological polar surface area (TPSA) is 54.9 Å². The summed E-state index contributed by atoms with van der Waals surface area (Å²) in [6.07, 6.45) is 3.39. The van der Waals surface area contributed by atoms with Gasteiger partial charge in [-0.15, -0.1) is 11.3 Å². The quantitative estimate of drug-likeness (QED) is 0.471. The van der Waals surface area contributed by atoms with Gasteiger partial charge in [0.1, 0.15) is 16.6 Å². The SMILES string of the molecule is O=C(Cc1csc(-c2cccnc2)n1)Nc1cc(F)c(I)c(F)c1. The monoisotopic (exact) mass is 457 g/mol. The van der Waals surface area contributed by atoms with Crippen molar-refractivity contribution in [3.8, 4) is 10.6 Å². The molecule has 4 nitrogen and oxygen atoms in total. The lowest BCUT2D eigenvalue weighted by molar-refractivity contribution is -0.115. The molecular weight excluding hydrogens is 447 g/mol. The highest BCUT2D eigenvalue weighted by Crippen LogP contribution is 2.23. The van der Waals surface area contributed by atoms with Crippen molar-refractivity contribution in [1.29, 1.82) is 0 Å². The van der Waals surface area contributed by atoms with E-state index in [1.165, 1.54) is 11.3 Å². The molecule has 0 radical (unpaired) electrons. The van der Waals surface area contributed by atoms with Crippen LogP contribution in [0.4, 0.5) is 14.5 Å². The maximum absolute atomic E-state index is 13.5. The largest absolute Gasteiger partial charge is 0.326 e. The van der Waals surface area contributed by atoms with Gasteiger partial charge in [-0.2, -0.15) is 0 Å². The molecule has 1 N–H and O–H groups in total. The van der Waals surface area contributed by atoms with E-state index in [0.717, 1.165) is 22.7 Å². The molecule has 1 aromatic carbocycles. The molecule has 2 heterocycles. The zero-order valence-corrected chi connectivity index (χ0v) is 15.1. The Morgan fingerprint density at radius 2 is 2.04 bits per heavy atom. The van der Waals surface area contributed by atoms with E-state index in [2.05, 4.69) is 15.3 Å². The minimum atomic E-state index is -0.710. The van der Waals surface area contributed by atoms with Crippen LogP contribution in [0, 0.1) is 15.2 Å². The zero-order chi connectivity index (χ0) is 17.1. The van der Waals surface area contributed by atoms with Crippen LogP contribution in [0.2, 0.25) is 0 Å². The molecule has 0 aliphatic carbocycles. The van der Waals surface area contributed by atoms with E-state index in [9.17, 15) is 13.6 Å². The summed E-state index contributed by atoms with van der Waals surface area (Å²) in [5.74, 6) is -1.81. The zero-order valence-electron chi connectivity index (χ0n) is 12.1. The molecule has 3 rings (SSSR count). The van der Waals surface area contributed by atoms with Gasteiger partial charge in [0.15, 0.2) is 0 Å². The van der Waals surface area contributed by atoms with Crippen molar-refractivity contribution in [3.63, 3.8) is 0 Å². The highest BCUT2D eigenvalue weighted by atomic mass is 127. The number of halogens is 3. The van der Waals surface area contributed by atoms with Crippen molar-refractivity contribution < 1.29 is 13.6 Å². The number of thiazole rings is 1. The summed E-state index contributed by atoms with van der Waals surface area (Å²) in [5, 5.41) is 5.01. The number of nitrogens with zero attached hydrogens (tertiary/aromatic N) is 2. The fraction of sp³-hybridized carbons (Fsp3) is 0.0625. The molecule has 0 bridgehead atoms. The molecule has 2 aromatic heterocycles. The fourth-order valence-corrected chi connectivity index (χ4v) is 3.13. The van der Waals surface area contributed by atoms with E-state index in [1.54, 1.807) is 40.4 Å². The van der Waals surface area contributed by atoms with Crippen LogP contribution < -0.4 is 5.32 Å². The lowest BCUT2D eigenvalue weighted by Gasteiger charge is -2.06. The van der Waals surface area contributed by atoms with Crippen molar-refractivity contribution in [3.05, 3.63) is 62.9 Å². The summed E-state index contributed by atoms with van der Waals surface area (Å²) < 4.78 is 26.9. The molecule has 0 fully saturated rings. The van der Waals surface area contributed by atoms with Crippen LogP contribution in [0.15, 0.2) is 42.0 Å². The number of hydrogen-bond acceptors (Lipinski definition) is 4. The maximum Gasteiger partial charge on any atom is 0.230 e. The van der Waals surface area contributed by atoms with Crippen LogP contribution in [0.25, 0.3) is 10.6 Å². The fourth-order valence-electron chi connectivity index (χ4n) is 2.01. The van der Waals surface area contributed by atoms with Gasteiger partial charge in [-0.05, 0) is 46.9 Å². The van der Waals surface area contributed by atoms with Crippen LogP contribution in [-0.2, 0) is 11.2 Å². The second-order valence-corrected chi connectivity index (χ2v) is 6.80. The van der Waals surface area contributed by atoms with Crippen molar-refractivity contribution in [2.45, 2.75) is 6.42 Å². The molecule has 1 amide bonds. The molecule has 0 atom stereocenters. The van der Waals surface area contributed by atoms with E-state index in [0.29, 0.717) is 5.69 Å². The summed E-state index contributed by atoms with van der Waals surface area (Å²) >= 11 is 2.98. The summed E-state index contributed by atoms with van der Waals surface area (Å²) in [7, 11) is 0. The third kappa shape index (κ3) is 3.93. The number of rotatable bonds is 4. The minimum Gasteiger partial charge on any atom is -0.326 e. The Hall–Kier alpha value is -1.94.